The first kappa shape index (κ1) is 19.3. The second kappa shape index (κ2) is 8.22. The van der Waals surface area contributed by atoms with Gasteiger partial charge >= 0.3 is 0 Å². The number of H-pyrrole nitrogens is 1. The van der Waals surface area contributed by atoms with Gasteiger partial charge in [0.05, 0.1) is 17.3 Å². The zero-order chi connectivity index (χ0) is 20.5. The maximum absolute atomic E-state index is 9.34. The summed E-state index contributed by atoms with van der Waals surface area (Å²) in [5, 5.41) is 22.8. The second-order valence-corrected chi connectivity index (χ2v) is 8.73. The van der Waals surface area contributed by atoms with Crippen molar-refractivity contribution in [2.45, 2.75) is 36.0 Å². The van der Waals surface area contributed by atoms with Crippen LogP contribution in [-0.4, -0.2) is 31.3 Å². The quantitative estimate of drug-likeness (QED) is 0.297. The Hall–Kier alpha value is -2.67. The highest BCUT2D eigenvalue weighted by molar-refractivity contribution is 14.1. The van der Waals surface area contributed by atoms with Gasteiger partial charge in [-0.05, 0) is 55.4 Å². The molecule has 3 heterocycles. The third-order valence-corrected chi connectivity index (χ3v) is 7.02. The van der Waals surface area contributed by atoms with Crippen LogP contribution < -0.4 is 5.32 Å². The summed E-state index contributed by atoms with van der Waals surface area (Å²) in [6.07, 6.45) is 8.21. The van der Waals surface area contributed by atoms with Gasteiger partial charge in [0.1, 0.15) is 17.5 Å². The van der Waals surface area contributed by atoms with Crippen molar-refractivity contribution >= 4 is 44.8 Å². The molecule has 7 nitrogen and oxygen atoms in total. The summed E-state index contributed by atoms with van der Waals surface area (Å²) in [4.78, 5) is 7.57. The number of nitrogens with one attached hydrogen (secondary N) is 2. The summed E-state index contributed by atoms with van der Waals surface area (Å²) in [6, 6.07) is 10.5. The first-order chi connectivity index (χ1) is 14.8. The van der Waals surface area contributed by atoms with Crippen molar-refractivity contribution < 1.29 is 0 Å². The predicted octanol–water partition coefficient (Wildman–Crippen LogP) is 4.80. The van der Waals surface area contributed by atoms with Crippen molar-refractivity contribution in [3.8, 4) is 6.07 Å². The van der Waals surface area contributed by atoms with Crippen LogP contribution in [0.2, 0.25) is 0 Å². The maximum Gasteiger partial charge on any atom is 0.141 e. The van der Waals surface area contributed by atoms with Crippen LogP contribution in [0.1, 0.15) is 48.4 Å². The Kier molecular flexibility index (Phi) is 5.29. The van der Waals surface area contributed by atoms with E-state index < -0.39 is 0 Å². The van der Waals surface area contributed by atoms with Crippen molar-refractivity contribution in [2.75, 3.05) is 11.9 Å². The van der Waals surface area contributed by atoms with Gasteiger partial charge in [-0.15, -0.1) is 5.10 Å². The molecule has 4 aromatic rings. The SMILES string of the molecule is N#Cc1cc(NCC2CCC(c3nnn4cnc5[nH]ccc5c34)CC2)ccc1CI. The van der Waals surface area contributed by atoms with Crippen LogP contribution in [0.15, 0.2) is 36.8 Å². The number of rotatable bonds is 5. The molecule has 0 spiro atoms. The van der Waals surface area contributed by atoms with Gasteiger partial charge in [0.2, 0.25) is 0 Å². The number of hydrogen-bond acceptors (Lipinski definition) is 5. The molecule has 152 valence electrons. The van der Waals surface area contributed by atoms with Crippen molar-refractivity contribution in [2.24, 2.45) is 5.92 Å². The van der Waals surface area contributed by atoms with Crippen LogP contribution >= 0.6 is 22.6 Å². The summed E-state index contributed by atoms with van der Waals surface area (Å²) in [5.74, 6) is 1.07. The summed E-state index contributed by atoms with van der Waals surface area (Å²) in [7, 11) is 0. The number of hydrogen-bond donors (Lipinski definition) is 2. The number of halogens is 1. The zero-order valence-electron chi connectivity index (χ0n) is 16.5. The van der Waals surface area contributed by atoms with Crippen LogP contribution in [0.25, 0.3) is 16.6 Å². The molecular formula is C22H22IN7. The molecule has 1 fully saturated rings. The van der Waals surface area contributed by atoms with Crippen LogP contribution in [0.4, 0.5) is 5.69 Å². The maximum atomic E-state index is 9.34. The molecule has 0 atom stereocenters. The molecular weight excluding hydrogens is 489 g/mol. The lowest BCUT2D eigenvalue weighted by Crippen LogP contribution is -2.21. The lowest BCUT2D eigenvalue weighted by molar-refractivity contribution is 0.336. The average molecular weight is 511 g/mol. The van der Waals surface area contributed by atoms with Crippen LogP contribution in [0, 0.1) is 17.2 Å². The first-order valence-corrected chi connectivity index (χ1v) is 11.8. The molecule has 1 aliphatic rings. The summed E-state index contributed by atoms with van der Waals surface area (Å²) < 4.78 is 2.65. The van der Waals surface area contributed by atoms with Gasteiger partial charge in [0.25, 0.3) is 0 Å². The third kappa shape index (κ3) is 3.51. The fourth-order valence-electron chi connectivity index (χ4n) is 4.50. The molecule has 0 aliphatic heterocycles. The van der Waals surface area contributed by atoms with E-state index in [4.69, 9.17) is 0 Å². The van der Waals surface area contributed by atoms with Crippen LogP contribution in [-0.2, 0) is 4.43 Å². The third-order valence-electron chi connectivity index (χ3n) is 6.20. The number of nitrogens with zero attached hydrogens (tertiary/aromatic N) is 5. The summed E-state index contributed by atoms with van der Waals surface area (Å²) in [5.41, 5.74) is 5.96. The molecule has 30 heavy (non-hydrogen) atoms. The number of nitriles is 1. The fraction of sp³-hybridized carbons (Fsp3) is 0.364. The molecule has 0 radical (unpaired) electrons. The van der Waals surface area contributed by atoms with E-state index in [0.29, 0.717) is 11.8 Å². The van der Waals surface area contributed by atoms with Gasteiger partial charge < -0.3 is 10.3 Å². The molecule has 1 aliphatic carbocycles. The molecule has 1 aromatic carbocycles. The van der Waals surface area contributed by atoms with E-state index in [0.717, 1.165) is 75.7 Å². The van der Waals surface area contributed by atoms with Gasteiger partial charge in [-0.1, -0.05) is 33.9 Å². The van der Waals surface area contributed by atoms with Crippen molar-refractivity contribution in [1.82, 2.24) is 24.8 Å². The number of aromatic nitrogens is 5. The van der Waals surface area contributed by atoms with E-state index in [1.807, 2.05) is 12.3 Å². The number of fused-ring (bicyclic) bond motifs is 3. The highest BCUT2D eigenvalue weighted by Gasteiger charge is 2.26. The van der Waals surface area contributed by atoms with Crippen molar-refractivity contribution in [1.29, 1.82) is 5.26 Å². The number of anilines is 1. The Morgan fingerprint density at radius 2 is 2.10 bits per heavy atom. The topological polar surface area (TPSA) is 94.7 Å². The lowest BCUT2D eigenvalue weighted by atomic mass is 9.80. The normalized spacial score (nSPS) is 19.2. The Bertz CT molecular complexity index is 1230. The predicted molar refractivity (Wildman–Crippen MR) is 125 cm³/mol. The Morgan fingerprint density at radius 1 is 1.23 bits per heavy atom. The minimum absolute atomic E-state index is 0.437. The molecule has 0 amide bonds. The van der Waals surface area contributed by atoms with Crippen LogP contribution in [0.5, 0.6) is 0 Å². The standard InChI is InChI=1S/C22H22IN7/c23-10-16-5-6-18(9-17(16)11-24)26-12-14-1-3-15(4-2-14)20-21-19-7-8-25-22(19)27-13-30(21)29-28-20/h5-9,13-15,25-26H,1-4,10,12H2. The molecule has 5 rings (SSSR count). The minimum Gasteiger partial charge on any atom is -0.385 e. The molecule has 2 N–H and O–H groups in total. The summed E-state index contributed by atoms with van der Waals surface area (Å²) >= 11 is 2.30. The Balaban J connectivity index is 1.25. The summed E-state index contributed by atoms with van der Waals surface area (Å²) in [6.45, 7) is 0.940. The Morgan fingerprint density at radius 3 is 2.90 bits per heavy atom. The van der Waals surface area contributed by atoms with Gasteiger partial charge in [-0.3, -0.25) is 0 Å². The average Bonchev–Trinajstić information content (AvgIpc) is 3.44. The zero-order valence-corrected chi connectivity index (χ0v) is 18.6. The molecule has 1 saturated carbocycles. The molecule has 0 saturated heterocycles. The van der Waals surface area contributed by atoms with E-state index in [-0.39, 0.29) is 0 Å². The van der Waals surface area contributed by atoms with Crippen molar-refractivity contribution in [3.05, 3.63) is 53.6 Å². The van der Waals surface area contributed by atoms with E-state index >= 15 is 0 Å². The van der Waals surface area contributed by atoms with E-state index in [1.54, 1.807) is 10.8 Å². The van der Waals surface area contributed by atoms with Gasteiger partial charge in [0, 0.05) is 34.2 Å². The highest BCUT2D eigenvalue weighted by Crippen LogP contribution is 2.37. The lowest BCUT2D eigenvalue weighted by Gasteiger charge is -2.28. The number of benzene rings is 1. The molecule has 3 aromatic heterocycles. The number of aromatic amines is 1. The Labute approximate surface area is 188 Å². The second-order valence-electron chi connectivity index (χ2n) is 7.97. The number of alkyl halides is 1. The highest BCUT2D eigenvalue weighted by atomic mass is 127. The van der Waals surface area contributed by atoms with Crippen molar-refractivity contribution in [3.63, 3.8) is 0 Å². The van der Waals surface area contributed by atoms with Gasteiger partial charge in [-0.2, -0.15) is 5.26 Å². The molecule has 0 unspecified atom stereocenters. The van der Waals surface area contributed by atoms with E-state index in [9.17, 15) is 5.26 Å². The fourth-order valence-corrected chi connectivity index (χ4v) is 5.17. The van der Waals surface area contributed by atoms with Gasteiger partial charge in [0.15, 0.2) is 0 Å². The molecule has 0 bridgehead atoms. The van der Waals surface area contributed by atoms with E-state index in [1.165, 1.54) is 0 Å². The van der Waals surface area contributed by atoms with Gasteiger partial charge in [-0.25, -0.2) is 9.50 Å². The monoisotopic (exact) mass is 511 g/mol. The minimum atomic E-state index is 0.437. The smallest absolute Gasteiger partial charge is 0.141 e. The molecule has 8 heteroatoms. The van der Waals surface area contributed by atoms with Crippen LogP contribution in [0.3, 0.4) is 0 Å². The van der Waals surface area contributed by atoms with E-state index in [2.05, 4.69) is 72.5 Å². The first-order valence-electron chi connectivity index (χ1n) is 10.3. The largest absolute Gasteiger partial charge is 0.385 e.